The van der Waals surface area contributed by atoms with Crippen LogP contribution in [0.4, 0.5) is 11.6 Å². The Labute approximate surface area is 222 Å². The van der Waals surface area contributed by atoms with Crippen LogP contribution in [0.1, 0.15) is 12.5 Å². The van der Waals surface area contributed by atoms with E-state index in [0.717, 1.165) is 9.13 Å². The van der Waals surface area contributed by atoms with Gasteiger partial charge in [-0.15, -0.1) is 0 Å². The number of aliphatic hydroxyl groups is 2. The fraction of sp³-hybridized carbons (Fsp3) is 0.556. The molecule has 0 bridgehead atoms. The average Bonchev–Trinajstić information content (AvgIpc) is 3.46. The Morgan fingerprint density at radius 3 is 2.12 bits per heavy atom. The van der Waals surface area contributed by atoms with Crippen LogP contribution in [-0.4, -0.2) is 88.9 Å². The highest BCUT2D eigenvalue weighted by molar-refractivity contribution is 7.47. The molecular weight excluding hydrogens is 586 g/mol. The minimum Gasteiger partial charge on any atom is -0.394 e. The quantitative estimate of drug-likeness (QED) is 0.164. The number of aromatic nitrogens is 4. The summed E-state index contributed by atoms with van der Waals surface area (Å²) in [5, 5.41) is 20.4. The van der Waals surface area contributed by atoms with E-state index < -0.39 is 89.3 Å². The summed E-state index contributed by atoms with van der Waals surface area (Å²) in [5.41, 5.74) is 9.16. The van der Waals surface area contributed by atoms with Crippen molar-refractivity contribution in [3.05, 3.63) is 45.5 Å². The van der Waals surface area contributed by atoms with E-state index in [2.05, 4.69) is 9.97 Å². The molecule has 2 aromatic heterocycles. The first-order valence-electron chi connectivity index (χ1n) is 11.4. The number of aliphatic hydroxyl groups excluding tert-OH is 2. The normalized spacial score (nSPS) is 36.9. The van der Waals surface area contributed by atoms with Crippen LogP contribution in [0.5, 0.6) is 0 Å². The smallest absolute Gasteiger partial charge is 0.394 e. The number of phosphoric ester groups is 2. The third-order valence-electron chi connectivity index (χ3n) is 6.19. The Bertz CT molecular complexity index is 1490. The minimum absolute atomic E-state index is 0.0931. The van der Waals surface area contributed by atoms with E-state index in [-0.39, 0.29) is 11.6 Å². The number of ether oxygens (including phenoxy) is 2. The van der Waals surface area contributed by atoms with Gasteiger partial charge in [0.25, 0.3) is 0 Å². The molecule has 0 saturated carbocycles. The predicted molar refractivity (Wildman–Crippen MR) is 127 cm³/mol. The highest BCUT2D eigenvalue weighted by atomic mass is 31.2. The number of nitrogens with zero attached hydrogens (tertiary/aromatic N) is 4. The van der Waals surface area contributed by atoms with Gasteiger partial charge in [-0.3, -0.25) is 27.2 Å². The summed E-state index contributed by atoms with van der Waals surface area (Å²) >= 11 is 0. The molecule has 2 aromatic rings. The molecule has 0 radical (unpaired) electrons. The molecule has 3 fully saturated rings. The van der Waals surface area contributed by atoms with Crippen molar-refractivity contribution in [1.82, 2.24) is 19.1 Å². The van der Waals surface area contributed by atoms with Crippen molar-refractivity contribution in [1.29, 1.82) is 0 Å². The van der Waals surface area contributed by atoms with E-state index in [4.69, 9.17) is 39.0 Å². The summed E-state index contributed by atoms with van der Waals surface area (Å²) in [6.07, 6.45) is -9.21. The lowest BCUT2D eigenvalue weighted by molar-refractivity contribution is -0.0670. The zero-order valence-electron chi connectivity index (χ0n) is 20.1. The first kappa shape index (κ1) is 28.9. The van der Waals surface area contributed by atoms with Crippen LogP contribution in [-0.2, 0) is 36.7 Å². The van der Waals surface area contributed by atoms with Gasteiger partial charge in [-0.05, 0) is 12.1 Å². The molecule has 8 N–H and O–H groups in total. The first-order chi connectivity index (χ1) is 18.8. The Morgan fingerprint density at radius 2 is 1.55 bits per heavy atom. The third-order valence-corrected chi connectivity index (χ3v) is 8.20. The molecule has 3 aliphatic rings. The van der Waals surface area contributed by atoms with Gasteiger partial charge in [0.05, 0.1) is 13.2 Å². The van der Waals surface area contributed by atoms with Gasteiger partial charge >= 0.3 is 27.0 Å². The lowest BCUT2D eigenvalue weighted by Gasteiger charge is -2.24. The zero-order chi connectivity index (χ0) is 29.0. The van der Waals surface area contributed by atoms with Crippen LogP contribution in [0.2, 0.25) is 0 Å². The van der Waals surface area contributed by atoms with Crippen molar-refractivity contribution < 1.29 is 56.7 Å². The number of fused-ring (bicyclic) bond motifs is 1. The number of rotatable bonds is 8. The summed E-state index contributed by atoms with van der Waals surface area (Å²) < 4.78 is 57.8. The molecule has 22 heteroatoms. The summed E-state index contributed by atoms with van der Waals surface area (Å²) in [5.74, 6) is -0.191. The molecule has 0 aliphatic carbocycles. The van der Waals surface area contributed by atoms with Crippen LogP contribution in [0.15, 0.2) is 34.1 Å². The lowest BCUT2D eigenvalue weighted by atomic mass is 10.1. The molecule has 0 spiro atoms. The van der Waals surface area contributed by atoms with Crippen LogP contribution < -0.4 is 22.8 Å². The molecule has 2 unspecified atom stereocenters. The Balaban J connectivity index is 1.29. The van der Waals surface area contributed by atoms with Crippen molar-refractivity contribution >= 4 is 27.3 Å². The van der Waals surface area contributed by atoms with Gasteiger partial charge in [0.15, 0.2) is 12.5 Å². The molecule has 20 nitrogen and oxygen atoms in total. The van der Waals surface area contributed by atoms with E-state index in [0.29, 0.717) is 0 Å². The SMILES string of the molecule is Nc1ccn([C@@H]2O[C@H](CO)[C@@H](OP(=O)(O)OC[C@H]3O[C@@H](n4ccc(N)nc4=O)[C@@H]4OP(=O)(O)O[C@@H]43)[C@H]2O)c(=O)n1. The van der Waals surface area contributed by atoms with Crippen molar-refractivity contribution in [2.45, 2.75) is 49.1 Å². The largest absolute Gasteiger partial charge is 0.473 e. The van der Waals surface area contributed by atoms with Gasteiger partial charge in [-0.25, -0.2) is 18.7 Å². The second kappa shape index (κ2) is 10.7. The lowest BCUT2D eigenvalue weighted by Crippen LogP contribution is -2.38. The van der Waals surface area contributed by atoms with E-state index in [1.54, 1.807) is 0 Å². The monoisotopic (exact) mass is 610 g/mol. The zero-order valence-corrected chi connectivity index (χ0v) is 21.8. The van der Waals surface area contributed by atoms with Crippen LogP contribution in [0.3, 0.4) is 0 Å². The summed E-state index contributed by atoms with van der Waals surface area (Å²) in [7, 11) is -9.65. The number of hydrogen-bond donors (Lipinski definition) is 6. The molecule has 5 rings (SSSR count). The van der Waals surface area contributed by atoms with Gasteiger partial charge in [0.2, 0.25) is 0 Å². The summed E-state index contributed by atoms with van der Waals surface area (Å²) in [6.45, 7) is -1.57. The minimum atomic E-state index is -5.08. The van der Waals surface area contributed by atoms with Crippen molar-refractivity contribution in [3.63, 3.8) is 0 Å². The standard InChI is InChI=1S/C18H24N6O14P2/c19-9-1-3-23(17(27)21-9)15-11(26)12(7(5-25)34-15)36-39(29,30)33-6-8-13-14(38-40(31,32)37-13)16(35-8)24-4-2-10(20)22-18(24)28/h1-4,7-8,11-16,25-26H,5-6H2,(H,29,30)(H,31,32)(H2,19,21,27)(H2,20,22,28)/t7-,8-,11-,12-,13-,14-,15-,16-/m1/s1. The molecule has 5 heterocycles. The molecule has 220 valence electrons. The Kier molecular flexibility index (Phi) is 7.72. The van der Waals surface area contributed by atoms with Crippen LogP contribution >= 0.6 is 15.6 Å². The number of nitrogens with two attached hydrogens (primary N) is 2. The molecule has 10 atom stereocenters. The van der Waals surface area contributed by atoms with E-state index in [9.17, 15) is 38.7 Å². The highest BCUT2D eigenvalue weighted by Gasteiger charge is 2.58. The third kappa shape index (κ3) is 5.62. The molecule has 0 aromatic carbocycles. The fourth-order valence-corrected chi connectivity index (χ4v) is 6.56. The van der Waals surface area contributed by atoms with Crippen LogP contribution in [0.25, 0.3) is 0 Å². The van der Waals surface area contributed by atoms with Gasteiger partial charge in [0.1, 0.15) is 48.3 Å². The summed E-state index contributed by atoms with van der Waals surface area (Å²) in [6, 6.07) is 2.51. The van der Waals surface area contributed by atoms with Gasteiger partial charge in [-0.2, -0.15) is 9.97 Å². The molecule has 3 aliphatic heterocycles. The number of nitrogen functional groups attached to an aromatic ring is 2. The second-order valence-electron chi connectivity index (χ2n) is 8.83. The van der Waals surface area contributed by atoms with E-state index >= 15 is 0 Å². The Morgan fingerprint density at radius 1 is 1.00 bits per heavy atom. The Hall–Kier alpha value is -2.58. The summed E-state index contributed by atoms with van der Waals surface area (Å²) in [4.78, 5) is 51.7. The molecule has 0 amide bonds. The van der Waals surface area contributed by atoms with Crippen molar-refractivity contribution in [2.75, 3.05) is 24.7 Å². The van der Waals surface area contributed by atoms with Crippen LogP contribution in [0, 0.1) is 0 Å². The topological polar surface area (TPSA) is 292 Å². The van der Waals surface area contributed by atoms with Crippen molar-refractivity contribution in [2.24, 2.45) is 0 Å². The average molecular weight is 610 g/mol. The number of hydrogen-bond acceptors (Lipinski definition) is 16. The van der Waals surface area contributed by atoms with E-state index in [1.807, 2.05) is 0 Å². The van der Waals surface area contributed by atoms with Gasteiger partial charge in [0, 0.05) is 12.4 Å². The second-order valence-corrected chi connectivity index (χ2v) is 11.6. The highest BCUT2D eigenvalue weighted by Crippen LogP contribution is 2.59. The van der Waals surface area contributed by atoms with Crippen molar-refractivity contribution in [3.8, 4) is 0 Å². The number of phosphoric acid groups is 2. The number of anilines is 2. The molecule has 3 saturated heterocycles. The maximum absolute atomic E-state index is 12.8. The van der Waals surface area contributed by atoms with Gasteiger partial charge < -0.3 is 40.9 Å². The van der Waals surface area contributed by atoms with E-state index in [1.165, 1.54) is 24.5 Å². The maximum atomic E-state index is 12.8. The maximum Gasteiger partial charge on any atom is 0.473 e. The van der Waals surface area contributed by atoms with Gasteiger partial charge in [-0.1, -0.05) is 0 Å². The molecule has 40 heavy (non-hydrogen) atoms. The fourth-order valence-electron chi connectivity index (χ4n) is 4.46. The predicted octanol–water partition coefficient (Wildman–Crippen LogP) is -2.80. The first-order valence-corrected chi connectivity index (χ1v) is 14.4. The molecular formula is C18H24N6O14P2.